The molecule has 4 amide bonds. The van der Waals surface area contributed by atoms with Gasteiger partial charge in [0.05, 0.1) is 0 Å². The van der Waals surface area contributed by atoms with Crippen LogP contribution >= 0.6 is 7.37 Å². The van der Waals surface area contributed by atoms with Crippen molar-refractivity contribution in [2.45, 2.75) is 69.2 Å². The monoisotopic (exact) mass is 690 g/mol. The topological polar surface area (TPSA) is 168 Å². The molecule has 0 spiro atoms. The van der Waals surface area contributed by atoms with Gasteiger partial charge >= 0.3 is 0 Å². The molecule has 1 aliphatic rings. The van der Waals surface area contributed by atoms with E-state index in [4.69, 9.17) is 5.73 Å². The second kappa shape index (κ2) is 18.2. The van der Waals surface area contributed by atoms with Crippen LogP contribution in [0.15, 0.2) is 91.0 Å². The van der Waals surface area contributed by atoms with Gasteiger partial charge in [0.1, 0.15) is 29.8 Å². The largest absolute Gasteiger partial charge is 0.368 e. The molecule has 0 aromatic heterocycles. The van der Waals surface area contributed by atoms with Gasteiger partial charge in [0.25, 0.3) is 5.91 Å². The number of halogens is 1. The third-order valence-electron chi connectivity index (χ3n) is 8.60. The van der Waals surface area contributed by atoms with E-state index in [1.807, 2.05) is 30.3 Å². The quantitative estimate of drug-likeness (QED) is 0.134. The minimum absolute atomic E-state index is 0.0469. The van der Waals surface area contributed by atoms with Gasteiger partial charge in [-0.3, -0.25) is 23.7 Å². The van der Waals surface area contributed by atoms with Crippen molar-refractivity contribution in [3.8, 4) is 0 Å². The van der Waals surface area contributed by atoms with Crippen molar-refractivity contribution in [1.82, 2.24) is 16.0 Å². The highest BCUT2D eigenvalue weighted by Crippen LogP contribution is 2.46. The minimum atomic E-state index is -4.48. The highest BCUT2D eigenvalue weighted by Gasteiger charge is 2.37. The molecule has 0 saturated heterocycles. The second-order valence-corrected chi connectivity index (χ2v) is 14.9. The van der Waals surface area contributed by atoms with Crippen LogP contribution in [0.1, 0.15) is 66.4 Å². The van der Waals surface area contributed by atoms with Crippen LogP contribution < -0.4 is 21.7 Å². The Labute approximate surface area is 286 Å². The molecule has 3 aromatic carbocycles. The highest BCUT2D eigenvalue weighted by molar-refractivity contribution is 7.59. The van der Waals surface area contributed by atoms with Gasteiger partial charge in [-0.05, 0) is 48.1 Å². The van der Waals surface area contributed by atoms with Crippen LogP contribution in [-0.4, -0.2) is 52.6 Å². The summed E-state index contributed by atoms with van der Waals surface area (Å²) in [7, 11) is -4.48. The average molecular weight is 691 g/mol. The summed E-state index contributed by atoms with van der Waals surface area (Å²) in [4.78, 5) is 63.6. The number of primary amides is 1. The van der Waals surface area contributed by atoms with Crippen LogP contribution in [-0.2, 0) is 25.4 Å². The molecule has 1 aliphatic carbocycles. The predicted octanol–water partition coefficient (Wildman–Crippen LogP) is 4.92. The Balaban J connectivity index is 1.49. The van der Waals surface area contributed by atoms with Crippen molar-refractivity contribution in [3.05, 3.63) is 114 Å². The molecule has 0 heterocycles. The Bertz CT molecular complexity index is 1650. The van der Waals surface area contributed by atoms with Gasteiger partial charge in [-0.25, -0.2) is 4.39 Å². The Morgan fingerprint density at radius 3 is 2.20 bits per heavy atom. The zero-order valence-electron chi connectivity index (χ0n) is 27.3. The van der Waals surface area contributed by atoms with Gasteiger partial charge in [-0.15, -0.1) is 0 Å². The van der Waals surface area contributed by atoms with Crippen molar-refractivity contribution < 1.29 is 33.0 Å². The normalized spacial score (nSPS) is 16.5. The van der Waals surface area contributed by atoms with E-state index < -0.39 is 60.8 Å². The lowest BCUT2D eigenvalue weighted by Gasteiger charge is -2.28. The van der Waals surface area contributed by atoms with E-state index in [0.717, 1.165) is 43.7 Å². The van der Waals surface area contributed by atoms with Crippen LogP contribution in [0.25, 0.3) is 6.08 Å². The standard InChI is InChI=1S/C37H44FN4O6P/c38-30-20-11-19-29(24-30)36(45)42-34(23-28-16-8-3-9-17-28)49(47,48)25-33(43)40-32(22-27-14-6-2-7-15-27)37(46)41-31(35(39)44)21-10-18-26-12-4-1-5-13-26/h1,3-5,8-13,16-20,24,27,31-32,34H,2,6-7,14-15,21-23,25H2,(H2,39,44)(H,40,43)(H,41,46)(H,42,45)(H,47,48)/t31-,32?,34?/m0/s1. The van der Waals surface area contributed by atoms with Crippen molar-refractivity contribution in [1.29, 1.82) is 0 Å². The molecule has 3 unspecified atom stereocenters. The summed E-state index contributed by atoms with van der Waals surface area (Å²) in [5.74, 6) is -4.91. The van der Waals surface area contributed by atoms with E-state index in [0.29, 0.717) is 5.56 Å². The first kappa shape index (κ1) is 37.2. The molecule has 12 heteroatoms. The number of carbonyl (C=O) groups is 4. The van der Waals surface area contributed by atoms with Gasteiger partial charge in [-0.2, -0.15) is 0 Å². The SMILES string of the molecule is NC(=O)[C@H](CC=Cc1ccccc1)NC(=O)C(CC1CCCCC1)NC(=O)CP(=O)(O)C(Cc1ccccc1)NC(=O)c1cccc(F)c1. The summed E-state index contributed by atoms with van der Waals surface area (Å²) in [6.45, 7) is 0. The molecule has 0 aliphatic heterocycles. The maximum absolute atomic E-state index is 13.8. The number of carbonyl (C=O) groups excluding carboxylic acids is 4. The molecule has 3 aromatic rings. The van der Waals surface area contributed by atoms with E-state index in [1.165, 1.54) is 18.2 Å². The molecular formula is C37H44FN4O6P. The summed E-state index contributed by atoms with van der Waals surface area (Å²) in [5, 5.41) is 7.84. The van der Waals surface area contributed by atoms with Gasteiger partial charge in [0.15, 0.2) is 0 Å². The number of nitrogens with two attached hydrogens (primary N) is 1. The number of hydrogen-bond acceptors (Lipinski definition) is 5. The highest BCUT2D eigenvalue weighted by atomic mass is 31.2. The maximum atomic E-state index is 13.8. The molecule has 0 bridgehead atoms. The zero-order chi connectivity index (χ0) is 35.2. The van der Waals surface area contributed by atoms with Crippen molar-refractivity contribution in [2.75, 3.05) is 6.16 Å². The summed E-state index contributed by atoms with van der Waals surface area (Å²) in [6.07, 6.45) is 7.75. The van der Waals surface area contributed by atoms with E-state index in [2.05, 4.69) is 16.0 Å². The van der Waals surface area contributed by atoms with Crippen LogP contribution in [0.2, 0.25) is 0 Å². The Morgan fingerprint density at radius 2 is 1.55 bits per heavy atom. The van der Waals surface area contributed by atoms with E-state index >= 15 is 0 Å². The fourth-order valence-electron chi connectivity index (χ4n) is 5.96. The number of amides is 4. The molecule has 6 N–H and O–H groups in total. The van der Waals surface area contributed by atoms with Crippen LogP contribution in [0.5, 0.6) is 0 Å². The van der Waals surface area contributed by atoms with Gasteiger partial charge in [0, 0.05) is 12.0 Å². The van der Waals surface area contributed by atoms with Crippen molar-refractivity contribution in [3.63, 3.8) is 0 Å². The first-order valence-corrected chi connectivity index (χ1v) is 18.4. The number of benzene rings is 3. The molecule has 1 saturated carbocycles. The molecule has 4 atom stereocenters. The molecule has 260 valence electrons. The second-order valence-electron chi connectivity index (χ2n) is 12.5. The Morgan fingerprint density at radius 1 is 0.878 bits per heavy atom. The van der Waals surface area contributed by atoms with Crippen molar-refractivity contribution in [2.24, 2.45) is 11.7 Å². The van der Waals surface area contributed by atoms with Crippen LogP contribution in [0.3, 0.4) is 0 Å². The Hall–Kier alpha value is -4.60. The number of nitrogens with one attached hydrogen (secondary N) is 3. The van der Waals surface area contributed by atoms with E-state index in [1.54, 1.807) is 42.5 Å². The van der Waals surface area contributed by atoms with Gasteiger partial charge in [-0.1, -0.05) is 111 Å². The minimum Gasteiger partial charge on any atom is -0.368 e. The van der Waals surface area contributed by atoms with E-state index in [9.17, 15) is 33.0 Å². The lowest BCUT2D eigenvalue weighted by molar-refractivity contribution is -0.131. The summed E-state index contributed by atoms with van der Waals surface area (Å²) < 4.78 is 27.7. The third-order valence-corrected chi connectivity index (χ3v) is 10.6. The van der Waals surface area contributed by atoms with Gasteiger partial charge in [0.2, 0.25) is 25.1 Å². The fourth-order valence-corrected chi connectivity index (χ4v) is 7.50. The van der Waals surface area contributed by atoms with E-state index in [-0.39, 0.29) is 30.7 Å². The molecular weight excluding hydrogens is 646 g/mol. The summed E-state index contributed by atoms with van der Waals surface area (Å²) >= 11 is 0. The molecule has 10 nitrogen and oxygen atoms in total. The summed E-state index contributed by atoms with van der Waals surface area (Å²) in [5.41, 5.74) is 7.12. The van der Waals surface area contributed by atoms with Crippen LogP contribution in [0.4, 0.5) is 4.39 Å². The molecule has 0 radical (unpaired) electrons. The first-order valence-electron chi connectivity index (χ1n) is 16.5. The van der Waals surface area contributed by atoms with Gasteiger partial charge < -0.3 is 26.6 Å². The third kappa shape index (κ3) is 12.1. The summed E-state index contributed by atoms with van der Waals surface area (Å²) in [6, 6.07) is 20.9. The Kier molecular flexibility index (Phi) is 13.9. The molecule has 1 fully saturated rings. The van der Waals surface area contributed by atoms with Crippen LogP contribution in [0, 0.1) is 11.7 Å². The average Bonchev–Trinajstić information content (AvgIpc) is 3.08. The lowest BCUT2D eigenvalue weighted by atomic mass is 9.84. The maximum Gasteiger partial charge on any atom is 0.252 e. The molecule has 49 heavy (non-hydrogen) atoms. The smallest absolute Gasteiger partial charge is 0.252 e. The molecule has 4 rings (SSSR count). The number of hydrogen-bond donors (Lipinski definition) is 5. The van der Waals surface area contributed by atoms with Crippen molar-refractivity contribution >= 4 is 37.1 Å². The first-order chi connectivity index (χ1) is 23.5. The lowest BCUT2D eigenvalue weighted by Crippen LogP contribution is -2.54. The fraction of sp³-hybridized carbons (Fsp3) is 0.351. The zero-order valence-corrected chi connectivity index (χ0v) is 28.2. The number of rotatable bonds is 16. The predicted molar refractivity (Wildman–Crippen MR) is 187 cm³/mol.